The van der Waals surface area contributed by atoms with E-state index in [0.717, 1.165) is 40.3 Å². The molecule has 3 heteroatoms. The van der Waals surface area contributed by atoms with Crippen LogP contribution in [-0.4, -0.2) is 19.3 Å². The van der Waals surface area contributed by atoms with Crippen LogP contribution < -0.4 is 11.1 Å². The average molecular weight is 343 g/mol. The Morgan fingerprint density at radius 2 is 1.62 bits per heavy atom. The highest BCUT2D eigenvalue weighted by Gasteiger charge is 2.12. The molecule has 132 valence electrons. The molecule has 26 heavy (non-hydrogen) atoms. The lowest BCUT2D eigenvalue weighted by Gasteiger charge is -2.16. The van der Waals surface area contributed by atoms with Crippen LogP contribution in [0.1, 0.15) is 23.6 Å². The Balaban J connectivity index is 2.13. The van der Waals surface area contributed by atoms with E-state index in [1.807, 2.05) is 32.2 Å². The van der Waals surface area contributed by atoms with Gasteiger partial charge in [0.05, 0.1) is 5.71 Å². The number of aliphatic imine (C=N–C) groups is 1. The van der Waals surface area contributed by atoms with Gasteiger partial charge in [0.2, 0.25) is 0 Å². The van der Waals surface area contributed by atoms with Crippen molar-refractivity contribution in [2.45, 2.75) is 13.8 Å². The van der Waals surface area contributed by atoms with Gasteiger partial charge in [-0.2, -0.15) is 0 Å². The molecule has 0 spiro atoms. The summed E-state index contributed by atoms with van der Waals surface area (Å²) in [5.41, 5.74) is 14.7. The Morgan fingerprint density at radius 1 is 0.962 bits per heavy atom. The standard InChI is InChI=1S/C23H25N3/c1-4-26-21-12-7-18(8-13-21)23(17-5-10-20(25-3)11-6-17)19-9-14-22(24)16(2)15-19/h5-15,26H,4,24H2,1-3H3. The number of nitrogens with two attached hydrogens (primary N) is 1. The molecule has 0 aliphatic heterocycles. The number of nitrogens with one attached hydrogen (secondary N) is 1. The SMILES string of the molecule is CCNc1ccc(C(=C2C=CC(=NC)C=C2)c2ccc(N)c(C)c2)cc1. The Hall–Kier alpha value is -3.07. The fourth-order valence-corrected chi connectivity index (χ4v) is 3.07. The van der Waals surface area contributed by atoms with E-state index in [2.05, 4.69) is 65.8 Å². The average Bonchev–Trinajstić information content (AvgIpc) is 2.67. The fourth-order valence-electron chi connectivity index (χ4n) is 3.07. The zero-order chi connectivity index (χ0) is 18.5. The first kappa shape index (κ1) is 17.7. The van der Waals surface area contributed by atoms with Gasteiger partial charge in [-0.25, -0.2) is 0 Å². The second-order valence-electron chi connectivity index (χ2n) is 6.32. The predicted octanol–water partition coefficient (Wildman–Crippen LogP) is 5.01. The minimum Gasteiger partial charge on any atom is -0.399 e. The van der Waals surface area contributed by atoms with Gasteiger partial charge in [-0.3, -0.25) is 4.99 Å². The molecule has 3 rings (SSSR count). The van der Waals surface area contributed by atoms with Gasteiger partial charge in [0.1, 0.15) is 0 Å². The molecule has 1 aliphatic carbocycles. The summed E-state index contributed by atoms with van der Waals surface area (Å²) in [6.07, 6.45) is 8.35. The molecule has 2 aromatic rings. The van der Waals surface area contributed by atoms with E-state index < -0.39 is 0 Å². The Kier molecular flexibility index (Phi) is 5.37. The molecule has 0 unspecified atom stereocenters. The van der Waals surface area contributed by atoms with Gasteiger partial charge < -0.3 is 11.1 Å². The molecular weight excluding hydrogens is 318 g/mol. The van der Waals surface area contributed by atoms with E-state index in [4.69, 9.17) is 5.73 Å². The maximum atomic E-state index is 6.03. The van der Waals surface area contributed by atoms with Crippen molar-refractivity contribution < 1.29 is 0 Å². The van der Waals surface area contributed by atoms with Crippen LogP contribution in [0, 0.1) is 6.92 Å². The van der Waals surface area contributed by atoms with Crippen molar-refractivity contribution in [3.05, 3.63) is 89.0 Å². The van der Waals surface area contributed by atoms with Crippen LogP contribution in [0.25, 0.3) is 5.57 Å². The minimum atomic E-state index is 0.815. The normalized spacial score (nSPS) is 13.0. The minimum absolute atomic E-state index is 0.815. The van der Waals surface area contributed by atoms with Crippen molar-refractivity contribution in [1.29, 1.82) is 0 Å². The number of allylic oxidation sites excluding steroid dienone is 5. The third kappa shape index (κ3) is 3.77. The summed E-state index contributed by atoms with van der Waals surface area (Å²) in [5, 5.41) is 3.35. The number of rotatable bonds is 4. The van der Waals surface area contributed by atoms with E-state index in [9.17, 15) is 0 Å². The van der Waals surface area contributed by atoms with Gasteiger partial charge in [-0.05, 0) is 78.1 Å². The molecule has 0 saturated carbocycles. The van der Waals surface area contributed by atoms with Crippen molar-refractivity contribution in [2.24, 2.45) is 4.99 Å². The van der Waals surface area contributed by atoms with Gasteiger partial charge in [0.25, 0.3) is 0 Å². The molecule has 0 saturated heterocycles. The Morgan fingerprint density at radius 3 is 2.19 bits per heavy atom. The van der Waals surface area contributed by atoms with Crippen molar-refractivity contribution in [3.63, 3.8) is 0 Å². The Bertz CT molecular complexity index is 895. The summed E-state index contributed by atoms with van der Waals surface area (Å²) in [7, 11) is 1.81. The largest absolute Gasteiger partial charge is 0.399 e. The number of benzene rings is 2. The molecule has 3 N–H and O–H groups in total. The highest BCUT2D eigenvalue weighted by atomic mass is 14.8. The molecule has 0 bridgehead atoms. The highest BCUT2D eigenvalue weighted by Crippen LogP contribution is 2.32. The molecule has 3 nitrogen and oxygen atoms in total. The summed E-state index contributed by atoms with van der Waals surface area (Å²) >= 11 is 0. The first-order valence-electron chi connectivity index (χ1n) is 8.90. The summed E-state index contributed by atoms with van der Waals surface area (Å²) in [5.74, 6) is 0. The van der Waals surface area contributed by atoms with Gasteiger partial charge in [-0.1, -0.05) is 30.4 Å². The monoisotopic (exact) mass is 343 g/mol. The zero-order valence-electron chi connectivity index (χ0n) is 15.6. The lowest BCUT2D eigenvalue weighted by Crippen LogP contribution is -2.00. The summed E-state index contributed by atoms with van der Waals surface area (Å²) in [4.78, 5) is 4.24. The van der Waals surface area contributed by atoms with Crippen molar-refractivity contribution in [1.82, 2.24) is 0 Å². The van der Waals surface area contributed by atoms with Crippen LogP contribution in [0.3, 0.4) is 0 Å². The van der Waals surface area contributed by atoms with Gasteiger partial charge in [0.15, 0.2) is 0 Å². The van der Waals surface area contributed by atoms with Crippen LogP contribution in [0.4, 0.5) is 11.4 Å². The third-order valence-electron chi connectivity index (χ3n) is 4.53. The van der Waals surface area contributed by atoms with E-state index in [-0.39, 0.29) is 0 Å². The summed E-state index contributed by atoms with van der Waals surface area (Å²) < 4.78 is 0. The van der Waals surface area contributed by atoms with Gasteiger partial charge >= 0.3 is 0 Å². The number of anilines is 2. The van der Waals surface area contributed by atoms with E-state index in [1.165, 1.54) is 11.1 Å². The number of hydrogen-bond donors (Lipinski definition) is 2. The fraction of sp³-hybridized carbons (Fsp3) is 0.174. The lowest BCUT2D eigenvalue weighted by atomic mass is 9.90. The molecule has 0 amide bonds. The molecule has 0 aromatic heterocycles. The number of aryl methyl sites for hydroxylation is 1. The number of hydrogen-bond acceptors (Lipinski definition) is 3. The van der Waals surface area contributed by atoms with Crippen LogP contribution >= 0.6 is 0 Å². The van der Waals surface area contributed by atoms with Gasteiger partial charge in [-0.15, -0.1) is 0 Å². The predicted molar refractivity (Wildman–Crippen MR) is 114 cm³/mol. The smallest absolute Gasteiger partial charge is 0.0571 e. The molecule has 1 aliphatic rings. The molecule has 0 radical (unpaired) electrons. The van der Waals surface area contributed by atoms with Crippen LogP contribution in [-0.2, 0) is 0 Å². The van der Waals surface area contributed by atoms with E-state index >= 15 is 0 Å². The van der Waals surface area contributed by atoms with Crippen molar-refractivity contribution in [2.75, 3.05) is 24.6 Å². The Labute approximate surface area is 155 Å². The molecule has 0 heterocycles. The molecule has 0 fully saturated rings. The van der Waals surface area contributed by atoms with Gasteiger partial charge in [0, 0.05) is 25.0 Å². The third-order valence-corrected chi connectivity index (χ3v) is 4.53. The number of nitrogen functional groups attached to an aromatic ring is 1. The van der Waals surface area contributed by atoms with Crippen LogP contribution in [0.15, 0.2) is 77.3 Å². The second kappa shape index (κ2) is 7.87. The molecule has 2 aromatic carbocycles. The first-order chi connectivity index (χ1) is 12.6. The zero-order valence-corrected chi connectivity index (χ0v) is 15.6. The second-order valence-corrected chi connectivity index (χ2v) is 6.32. The van der Waals surface area contributed by atoms with E-state index in [0.29, 0.717) is 0 Å². The molecular formula is C23H25N3. The van der Waals surface area contributed by atoms with Crippen LogP contribution in [0.2, 0.25) is 0 Å². The number of nitrogens with zero attached hydrogens (tertiary/aromatic N) is 1. The first-order valence-corrected chi connectivity index (χ1v) is 8.90. The molecule has 0 atom stereocenters. The summed E-state index contributed by atoms with van der Waals surface area (Å²) in [6, 6.07) is 14.8. The lowest BCUT2D eigenvalue weighted by molar-refractivity contribution is 1.21. The highest BCUT2D eigenvalue weighted by molar-refractivity contribution is 6.07. The maximum absolute atomic E-state index is 6.03. The van der Waals surface area contributed by atoms with E-state index in [1.54, 1.807) is 0 Å². The van der Waals surface area contributed by atoms with Crippen molar-refractivity contribution in [3.8, 4) is 0 Å². The topological polar surface area (TPSA) is 50.4 Å². The van der Waals surface area contributed by atoms with Crippen molar-refractivity contribution >= 4 is 22.7 Å². The summed E-state index contributed by atoms with van der Waals surface area (Å²) in [6.45, 7) is 5.06. The van der Waals surface area contributed by atoms with Crippen LogP contribution in [0.5, 0.6) is 0 Å². The quantitative estimate of drug-likeness (QED) is 0.767. The maximum Gasteiger partial charge on any atom is 0.0571 e.